The molecule has 0 aromatic heterocycles. The molecule has 0 spiro atoms. The van der Waals surface area contributed by atoms with E-state index in [4.69, 9.17) is 52.1 Å². The lowest BCUT2D eigenvalue weighted by Crippen LogP contribution is -2.36. The van der Waals surface area contributed by atoms with Gasteiger partial charge in [0.15, 0.2) is 24.4 Å². The normalized spacial score (nSPS) is 32.9. The highest BCUT2D eigenvalue weighted by Crippen LogP contribution is 2.34. The molecule has 6 aliphatic heterocycles. The molecular formula is C41H44O17. The molecule has 6 heterocycles. The van der Waals surface area contributed by atoms with Gasteiger partial charge in [-0.1, -0.05) is 0 Å². The van der Waals surface area contributed by atoms with E-state index in [2.05, 4.69) is 4.74 Å². The fraction of sp³-hybridized carbons (Fsp3) is 0.488. The molecule has 0 aliphatic carbocycles. The largest absolute Gasteiger partial charge is 0.485 e. The second-order valence-electron chi connectivity index (χ2n) is 14.4. The number of benzene rings is 3. The summed E-state index contributed by atoms with van der Waals surface area (Å²) in [5.74, 6) is 0.439. The number of aliphatic hydroxyl groups excluding tert-OH is 2. The van der Waals surface area contributed by atoms with Crippen LogP contribution in [0.2, 0.25) is 0 Å². The van der Waals surface area contributed by atoms with Crippen LogP contribution in [0.1, 0.15) is 31.1 Å². The fourth-order valence-electron chi connectivity index (χ4n) is 7.70. The Labute approximate surface area is 332 Å². The molecule has 9 rings (SSSR count). The minimum absolute atomic E-state index is 0.194. The highest BCUT2D eigenvalue weighted by atomic mass is 16.7. The summed E-state index contributed by atoms with van der Waals surface area (Å²) < 4.78 is 66.6. The fourth-order valence-corrected chi connectivity index (χ4v) is 7.70. The number of fused-ring (bicyclic) bond motifs is 3. The molecule has 0 bridgehead atoms. The van der Waals surface area contributed by atoms with Gasteiger partial charge in [0, 0.05) is 0 Å². The number of esters is 3. The quantitative estimate of drug-likeness (QED) is 0.220. The van der Waals surface area contributed by atoms with E-state index >= 15 is 0 Å². The van der Waals surface area contributed by atoms with Crippen LogP contribution >= 0.6 is 0 Å². The van der Waals surface area contributed by atoms with Crippen LogP contribution in [0.4, 0.5) is 0 Å². The summed E-state index contributed by atoms with van der Waals surface area (Å²) in [7, 11) is 2.66. The average molecular weight is 809 g/mol. The van der Waals surface area contributed by atoms with E-state index in [-0.39, 0.29) is 75.1 Å². The minimum Gasteiger partial charge on any atom is -0.485 e. The van der Waals surface area contributed by atoms with Gasteiger partial charge in [-0.15, -0.1) is 0 Å². The van der Waals surface area contributed by atoms with E-state index in [0.29, 0.717) is 47.2 Å². The number of hydrogen-bond donors (Lipinski definition) is 2. The summed E-state index contributed by atoms with van der Waals surface area (Å²) in [6, 6.07) is 19.9. The van der Waals surface area contributed by atoms with Crippen molar-refractivity contribution in [1.82, 2.24) is 0 Å². The zero-order chi connectivity index (χ0) is 40.3. The third kappa shape index (κ3) is 8.48. The highest BCUT2D eigenvalue weighted by molar-refractivity contribution is 5.90. The van der Waals surface area contributed by atoms with E-state index < -0.39 is 42.5 Å². The van der Waals surface area contributed by atoms with Crippen LogP contribution in [0, 0.1) is 0 Å². The van der Waals surface area contributed by atoms with Crippen LogP contribution in [0.3, 0.4) is 0 Å². The monoisotopic (exact) mass is 808 g/mol. The van der Waals surface area contributed by atoms with Crippen molar-refractivity contribution < 1.29 is 81.4 Å². The summed E-state index contributed by atoms with van der Waals surface area (Å²) in [6.07, 6.45) is -4.85. The maximum atomic E-state index is 12.8. The molecule has 12 atom stereocenters. The van der Waals surface area contributed by atoms with Crippen molar-refractivity contribution in [3.63, 3.8) is 0 Å². The lowest BCUT2D eigenvalue weighted by molar-refractivity contribution is -0.0190. The Balaban J connectivity index is 0.000000197. The van der Waals surface area contributed by atoms with Crippen LogP contribution in [0.25, 0.3) is 0 Å². The van der Waals surface area contributed by atoms with Crippen molar-refractivity contribution >= 4 is 17.9 Å². The van der Waals surface area contributed by atoms with Crippen LogP contribution < -0.4 is 14.2 Å². The van der Waals surface area contributed by atoms with Gasteiger partial charge in [-0.25, -0.2) is 14.4 Å². The van der Waals surface area contributed by atoms with Crippen molar-refractivity contribution in [3.8, 4) is 17.2 Å². The number of carbonyl (C=O) groups is 3. The Morgan fingerprint density at radius 2 is 0.724 bits per heavy atom. The van der Waals surface area contributed by atoms with Gasteiger partial charge in [0.2, 0.25) is 0 Å². The molecule has 17 nitrogen and oxygen atoms in total. The number of hydrogen-bond acceptors (Lipinski definition) is 17. The Kier molecular flexibility index (Phi) is 12.1. The van der Waals surface area contributed by atoms with E-state index in [9.17, 15) is 24.6 Å². The Morgan fingerprint density at radius 1 is 0.431 bits per heavy atom. The van der Waals surface area contributed by atoms with Gasteiger partial charge < -0.3 is 67.1 Å². The second kappa shape index (κ2) is 17.6. The van der Waals surface area contributed by atoms with E-state index in [1.807, 2.05) is 0 Å². The summed E-state index contributed by atoms with van der Waals surface area (Å²) in [4.78, 5) is 35.7. The van der Waals surface area contributed by atoms with Gasteiger partial charge >= 0.3 is 17.9 Å². The smallest absolute Gasteiger partial charge is 0.338 e. The predicted molar refractivity (Wildman–Crippen MR) is 195 cm³/mol. The van der Waals surface area contributed by atoms with Gasteiger partial charge in [0.25, 0.3) is 0 Å². The van der Waals surface area contributed by atoms with E-state index in [1.54, 1.807) is 72.8 Å². The maximum absolute atomic E-state index is 12.8. The van der Waals surface area contributed by atoms with Crippen molar-refractivity contribution in [2.45, 2.75) is 73.2 Å². The standard InChI is InChI=1S/C27H28O11.C14H16O6/c1-31-26(29)14-2-6-16(7-3-14)37-20-12-34-25-21(13-35-24(20)25)38-27(30)15-4-8-17(9-5-15)36-19-11-33-22-18(28)10-32-23(19)22;1-17-14(16)8-2-4-9(5-3-8)20-11-7-19-12-10(15)6-18-13(11)12/h2-9,18-25,28H,10-13H2,1H3;2-5,10-13,15H,6-7H2,1H3/t18-,19-,20-,21-,22?,23?,24?,25?;10-,11-,12?,13?/m00/s1. The molecule has 17 heteroatoms. The molecule has 6 fully saturated rings. The molecule has 6 saturated heterocycles. The number of carbonyl (C=O) groups excluding carboxylic acids is 3. The van der Waals surface area contributed by atoms with Crippen LogP contribution in [-0.2, 0) is 42.6 Å². The molecule has 0 amide bonds. The molecule has 3 aromatic carbocycles. The first-order chi connectivity index (χ1) is 28.2. The van der Waals surface area contributed by atoms with Crippen LogP contribution in [0.5, 0.6) is 17.2 Å². The van der Waals surface area contributed by atoms with Crippen molar-refractivity contribution in [3.05, 3.63) is 89.5 Å². The molecule has 310 valence electrons. The van der Waals surface area contributed by atoms with Gasteiger partial charge in [-0.3, -0.25) is 0 Å². The predicted octanol–water partition coefficient (Wildman–Crippen LogP) is 1.53. The summed E-state index contributed by atoms with van der Waals surface area (Å²) >= 11 is 0. The topological polar surface area (TPSA) is 202 Å². The zero-order valence-electron chi connectivity index (χ0n) is 31.6. The molecule has 6 aliphatic rings. The summed E-state index contributed by atoms with van der Waals surface area (Å²) in [5, 5.41) is 19.5. The highest BCUT2D eigenvalue weighted by Gasteiger charge is 2.51. The molecule has 58 heavy (non-hydrogen) atoms. The zero-order valence-corrected chi connectivity index (χ0v) is 31.6. The third-order valence-electron chi connectivity index (χ3n) is 10.7. The molecule has 6 unspecified atom stereocenters. The second-order valence-corrected chi connectivity index (χ2v) is 14.4. The van der Waals surface area contributed by atoms with Gasteiger partial charge in [-0.05, 0) is 72.8 Å². The lowest BCUT2D eigenvalue weighted by Gasteiger charge is -2.19. The maximum Gasteiger partial charge on any atom is 0.338 e. The first-order valence-electron chi connectivity index (χ1n) is 18.9. The minimum atomic E-state index is -0.643. The molecule has 0 saturated carbocycles. The first-order valence-corrected chi connectivity index (χ1v) is 18.9. The number of methoxy groups -OCH3 is 2. The van der Waals surface area contributed by atoms with Gasteiger partial charge in [0.05, 0.1) is 70.6 Å². The number of ether oxygens (including phenoxy) is 12. The van der Waals surface area contributed by atoms with E-state index in [1.165, 1.54) is 14.2 Å². The van der Waals surface area contributed by atoms with Gasteiger partial charge in [0.1, 0.15) is 66.1 Å². The number of rotatable bonds is 10. The molecular weight excluding hydrogens is 764 g/mol. The summed E-state index contributed by atoms with van der Waals surface area (Å²) in [6.45, 7) is 1.68. The average Bonchev–Trinajstić information content (AvgIpc) is 4.12. The Morgan fingerprint density at radius 3 is 1.10 bits per heavy atom. The third-order valence-corrected chi connectivity index (χ3v) is 10.7. The van der Waals surface area contributed by atoms with Crippen LogP contribution in [-0.4, -0.2) is 155 Å². The SMILES string of the molecule is COC(=O)c1ccc(O[C@H]2COC3C2OC[C@@H]3O)cc1.COC(=O)c1ccc(O[C@H]2COC3C2OC[C@@H]3OC(=O)c2ccc(O[C@H]3COC4C3OC[C@@H]4O)cc2)cc1. The molecule has 3 aromatic rings. The molecule has 0 radical (unpaired) electrons. The number of aliphatic hydroxyl groups is 2. The van der Waals surface area contributed by atoms with Crippen LogP contribution in [0.15, 0.2) is 72.8 Å². The van der Waals surface area contributed by atoms with Crippen molar-refractivity contribution in [1.29, 1.82) is 0 Å². The van der Waals surface area contributed by atoms with Crippen molar-refractivity contribution in [2.75, 3.05) is 53.9 Å². The van der Waals surface area contributed by atoms with E-state index in [0.717, 1.165) is 0 Å². The first kappa shape index (κ1) is 40.0. The van der Waals surface area contributed by atoms with Gasteiger partial charge in [-0.2, -0.15) is 0 Å². The van der Waals surface area contributed by atoms with Crippen molar-refractivity contribution in [2.24, 2.45) is 0 Å². The Bertz CT molecular complexity index is 1890. The lowest BCUT2D eigenvalue weighted by atomic mass is 10.1. The Hall–Kier alpha value is -4.85. The molecule has 2 N–H and O–H groups in total. The summed E-state index contributed by atoms with van der Waals surface area (Å²) in [5.41, 5.74) is 1.26.